The maximum Gasteiger partial charge on any atom is 0.409 e. The van der Waals surface area contributed by atoms with Gasteiger partial charge < -0.3 is 20.6 Å². The van der Waals surface area contributed by atoms with Gasteiger partial charge in [0.25, 0.3) is 0 Å². The molecule has 0 aliphatic carbocycles. The fourth-order valence-electron chi connectivity index (χ4n) is 1.43. The highest BCUT2D eigenvalue weighted by Crippen LogP contribution is 2.23. The van der Waals surface area contributed by atoms with E-state index in [4.69, 9.17) is 5.73 Å². The summed E-state index contributed by atoms with van der Waals surface area (Å²) in [5.74, 6) is -3.02. The number of nitrogens with zero attached hydrogens (tertiary/aromatic N) is 1. The number of anilines is 1. The summed E-state index contributed by atoms with van der Waals surface area (Å²) in [6, 6.07) is 8.10. The van der Waals surface area contributed by atoms with Crippen LogP contribution in [0, 0.1) is 10.1 Å². The van der Waals surface area contributed by atoms with Gasteiger partial charge >= 0.3 is 5.85 Å². The van der Waals surface area contributed by atoms with E-state index in [-0.39, 0.29) is 0 Å². The van der Waals surface area contributed by atoms with Crippen molar-refractivity contribution in [3.63, 3.8) is 0 Å². The second kappa shape index (κ2) is 5.27. The van der Waals surface area contributed by atoms with E-state index in [1.807, 2.05) is 0 Å². The minimum Gasteiger partial charge on any atom is -0.393 e. The third-order valence-corrected chi connectivity index (χ3v) is 2.68. The summed E-state index contributed by atoms with van der Waals surface area (Å²) < 4.78 is 0. The Bertz CT molecular complexity index is 405. The maximum absolute atomic E-state index is 10.7. The minimum atomic E-state index is -3.02. The number of para-hydroxylation sites is 1. The van der Waals surface area contributed by atoms with Crippen molar-refractivity contribution in [3.05, 3.63) is 40.4 Å². The zero-order chi connectivity index (χ0) is 13.8. The van der Waals surface area contributed by atoms with Gasteiger partial charge in [-0.15, -0.1) is 0 Å². The normalized spacial score (nSPS) is 14.9. The number of hydrogen-bond acceptors (Lipinski definition) is 7. The van der Waals surface area contributed by atoms with Crippen LogP contribution in [0.25, 0.3) is 0 Å². The van der Waals surface area contributed by atoms with Gasteiger partial charge in [-0.25, -0.2) is 5.73 Å². The summed E-state index contributed by atoms with van der Waals surface area (Å²) in [6.45, 7) is -1.85. The molecular formula is C10H15N3O5. The van der Waals surface area contributed by atoms with Crippen LogP contribution in [0.5, 0.6) is 0 Å². The lowest BCUT2D eigenvalue weighted by atomic mass is 9.94. The summed E-state index contributed by atoms with van der Waals surface area (Å²) in [4.78, 5) is 9.57. The molecule has 8 heteroatoms. The number of nitrogens with one attached hydrogen (secondary N) is 1. The molecule has 1 aromatic rings. The Hall–Kier alpha value is -1.74. The van der Waals surface area contributed by atoms with Gasteiger partial charge in [-0.05, 0) is 12.1 Å². The van der Waals surface area contributed by atoms with E-state index in [2.05, 4.69) is 5.32 Å². The van der Waals surface area contributed by atoms with Crippen LogP contribution in [0.15, 0.2) is 30.3 Å². The maximum atomic E-state index is 10.7. The molecule has 1 rings (SSSR count). The number of nitro groups is 1. The summed E-state index contributed by atoms with van der Waals surface area (Å²) >= 11 is 0. The number of benzene rings is 1. The van der Waals surface area contributed by atoms with Crippen LogP contribution in [0.3, 0.4) is 0 Å². The molecular weight excluding hydrogens is 242 g/mol. The smallest absolute Gasteiger partial charge is 0.393 e. The molecule has 18 heavy (non-hydrogen) atoms. The van der Waals surface area contributed by atoms with Gasteiger partial charge in [0.05, 0.1) is 18.1 Å². The Morgan fingerprint density at radius 3 is 2.17 bits per heavy atom. The lowest BCUT2D eigenvalue weighted by Crippen LogP contribution is -2.72. The highest BCUT2D eigenvalue weighted by Gasteiger charge is 2.58. The van der Waals surface area contributed by atoms with Crippen molar-refractivity contribution in [2.45, 2.75) is 11.4 Å². The molecule has 1 aromatic carbocycles. The van der Waals surface area contributed by atoms with Crippen molar-refractivity contribution < 1.29 is 20.2 Å². The van der Waals surface area contributed by atoms with Crippen LogP contribution in [-0.4, -0.2) is 44.8 Å². The van der Waals surface area contributed by atoms with Crippen LogP contribution < -0.4 is 11.1 Å². The molecule has 0 heterocycles. The molecule has 0 fully saturated rings. The predicted molar refractivity (Wildman–Crippen MR) is 63.1 cm³/mol. The average molecular weight is 257 g/mol. The Labute approximate surface area is 103 Å². The Morgan fingerprint density at radius 1 is 1.28 bits per heavy atom. The van der Waals surface area contributed by atoms with E-state index >= 15 is 0 Å². The first-order valence-corrected chi connectivity index (χ1v) is 5.10. The zero-order valence-electron chi connectivity index (χ0n) is 9.48. The van der Waals surface area contributed by atoms with Crippen LogP contribution in [0.2, 0.25) is 0 Å². The van der Waals surface area contributed by atoms with E-state index in [1.165, 1.54) is 0 Å². The minimum absolute atomic E-state index is 0.367. The predicted octanol–water partition coefficient (Wildman–Crippen LogP) is -1.30. The van der Waals surface area contributed by atoms with E-state index < -0.39 is 29.5 Å². The fourth-order valence-corrected chi connectivity index (χ4v) is 1.43. The molecule has 0 aromatic heterocycles. The van der Waals surface area contributed by atoms with Crippen LogP contribution in [-0.2, 0) is 0 Å². The third kappa shape index (κ3) is 2.41. The van der Waals surface area contributed by atoms with Crippen molar-refractivity contribution in [2.75, 3.05) is 18.5 Å². The van der Waals surface area contributed by atoms with Crippen LogP contribution in [0.4, 0.5) is 5.69 Å². The van der Waals surface area contributed by atoms with E-state index in [0.717, 1.165) is 0 Å². The molecule has 1 unspecified atom stereocenters. The van der Waals surface area contributed by atoms with Gasteiger partial charge in [-0.1, -0.05) is 18.2 Å². The van der Waals surface area contributed by atoms with Crippen molar-refractivity contribution >= 4 is 5.69 Å². The molecule has 100 valence electrons. The molecule has 0 radical (unpaired) electrons. The molecule has 0 aliphatic rings. The van der Waals surface area contributed by atoms with Gasteiger partial charge in [-0.2, -0.15) is 0 Å². The van der Waals surface area contributed by atoms with Crippen molar-refractivity contribution in [2.24, 2.45) is 5.73 Å². The van der Waals surface area contributed by atoms with Crippen molar-refractivity contribution in [1.82, 2.24) is 0 Å². The molecule has 0 bridgehead atoms. The molecule has 6 N–H and O–H groups in total. The lowest BCUT2D eigenvalue weighted by Gasteiger charge is -2.36. The summed E-state index contributed by atoms with van der Waals surface area (Å²) in [7, 11) is 0. The number of rotatable bonds is 6. The number of aliphatic hydroxyl groups excluding tert-OH is 2. The Balaban J connectivity index is 3.12. The van der Waals surface area contributed by atoms with E-state index in [9.17, 15) is 25.4 Å². The van der Waals surface area contributed by atoms with Crippen molar-refractivity contribution in [3.8, 4) is 0 Å². The number of aliphatic hydroxyl groups is 3. The van der Waals surface area contributed by atoms with Gasteiger partial charge in [0, 0.05) is 5.69 Å². The SMILES string of the molecule is NC(O)([N+](=O)[O-])C(CO)(CO)Nc1ccccc1. The fraction of sp³-hybridized carbons (Fsp3) is 0.400. The first-order valence-electron chi connectivity index (χ1n) is 5.10. The van der Waals surface area contributed by atoms with Gasteiger partial charge in [0.2, 0.25) is 0 Å². The summed E-state index contributed by atoms with van der Waals surface area (Å²) in [6.07, 6.45) is 0. The van der Waals surface area contributed by atoms with E-state index in [1.54, 1.807) is 30.3 Å². The third-order valence-electron chi connectivity index (χ3n) is 2.68. The highest BCUT2D eigenvalue weighted by atomic mass is 16.7. The first-order chi connectivity index (χ1) is 8.39. The zero-order valence-corrected chi connectivity index (χ0v) is 9.48. The summed E-state index contributed by atoms with van der Waals surface area (Å²) in [5, 5.41) is 41.4. The monoisotopic (exact) mass is 257 g/mol. The van der Waals surface area contributed by atoms with Crippen LogP contribution in [0.1, 0.15) is 0 Å². The van der Waals surface area contributed by atoms with E-state index in [0.29, 0.717) is 5.69 Å². The average Bonchev–Trinajstić information content (AvgIpc) is 2.36. The molecule has 0 spiro atoms. The number of nitrogens with two attached hydrogens (primary N) is 1. The molecule has 0 amide bonds. The molecule has 0 saturated carbocycles. The highest BCUT2D eigenvalue weighted by molar-refractivity contribution is 5.46. The quantitative estimate of drug-likeness (QED) is 0.242. The Kier molecular flexibility index (Phi) is 4.19. The van der Waals surface area contributed by atoms with Crippen LogP contribution >= 0.6 is 0 Å². The number of hydrogen-bond donors (Lipinski definition) is 5. The largest absolute Gasteiger partial charge is 0.409 e. The second-order valence-corrected chi connectivity index (χ2v) is 3.87. The topological polar surface area (TPSA) is 142 Å². The van der Waals surface area contributed by atoms with Gasteiger partial charge in [0.15, 0.2) is 5.54 Å². The molecule has 0 saturated heterocycles. The second-order valence-electron chi connectivity index (χ2n) is 3.87. The van der Waals surface area contributed by atoms with Gasteiger partial charge in [0.1, 0.15) is 0 Å². The molecule has 8 nitrogen and oxygen atoms in total. The summed E-state index contributed by atoms with van der Waals surface area (Å²) in [5.41, 5.74) is 3.45. The standard InChI is InChI=1S/C10H15N3O5/c11-10(16,13(17)18)9(6-14,7-15)12-8-4-2-1-3-5-8/h1-5,12,14-16H,6-7,11H2. The first kappa shape index (κ1) is 14.3. The molecule has 0 aliphatic heterocycles. The van der Waals surface area contributed by atoms with Gasteiger partial charge in [-0.3, -0.25) is 10.1 Å². The lowest BCUT2D eigenvalue weighted by molar-refractivity contribution is -0.636. The van der Waals surface area contributed by atoms with Crippen molar-refractivity contribution in [1.29, 1.82) is 0 Å². The molecule has 1 atom stereocenters. The Morgan fingerprint density at radius 2 is 1.78 bits per heavy atom.